The summed E-state index contributed by atoms with van der Waals surface area (Å²) >= 11 is 0. The molecule has 5 nitrogen and oxygen atoms in total. The lowest BCUT2D eigenvalue weighted by Crippen LogP contribution is -2.65. The number of carbonyl (C=O) groups is 2. The van der Waals surface area contributed by atoms with E-state index >= 15 is 0 Å². The van der Waals surface area contributed by atoms with Crippen LogP contribution in [0.5, 0.6) is 0 Å². The maximum Gasteiger partial charge on any atom is 0.422 e. The first kappa shape index (κ1) is 16.7. The molecule has 0 aliphatic carbocycles. The molecule has 0 aliphatic heterocycles. The molecular weight excluding hydrogens is 253 g/mol. The molecule has 0 aliphatic rings. The van der Waals surface area contributed by atoms with E-state index in [1.54, 1.807) is 20.8 Å². The summed E-state index contributed by atoms with van der Waals surface area (Å²) in [5, 5.41) is 10.1. The van der Waals surface area contributed by atoms with Gasteiger partial charge in [0, 0.05) is 0 Å². The van der Waals surface area contributed by atoms with Crippen molar-refractivity contribution in [2.75, 3.05) is 0 Å². The van der Waals surface area contributed by atoms with E-state index in [2.05, 4.69) is 0 Å². The first-order chi connectivity index (χ1) is 7.73. The lowest BCUT2D eigenvalue weighted by molar-refractivity contribution is -0.207. The Morgan fingerprint density at radius 2 is 1.56 bits per heavy atom. The molecule has 0 aromatic rings. The third-order valence-electron chi connectivity index (χ3n) is 2.58. The highest BCUT2D eigenvalue weighted by atomic mass is 19.4. The molecule has 1 amide bonds. The van der Waals surface area contributed by atoms with Gasteiger partial charge in [-0.15, -0.1) is 0 Å². The zero-order valence-corrected chi connectivity index (χ0v) is 10.6. The smallest absolute Gasteiger partial charge is 0.422 e. The van der Waals surface area contributed by atoms with Crippen molar-refractivity contribution in [3.8, 4) is 0 Å². The van der Waals surface area contributed by atoms with Crippen LogP contribution in [0.3, 0.4) is 0 Å². The summed E-state index contributed by atoms with van der Waals surface area (Å²) in [6.07, 6.45) is -5.12. The van der Waals surface area contributed by atoms with Crippen molar-refractivity contribution in [2.45, 2.75) is 45.5 Å². The monoisotopic (exact) mass is 270 g/mol. The predicted molar refractivity (Wildman–Crippen MR) is 57.7 cm³/mol. The topological polar surface area (TPSA) is 92.4 Å². The molecule has 0 fully saturated rings. The summed E-state index contributed by atoms with van der Waals surface area (Å²) in [6.45, 7) is 5.05. The molecule has 0 bridgehead atoms. The lowest BCUT2D eigenvalue weighted by Gasteiger charge is -2.32. The highest BCUT2D eigenvalue weighted by Crippen LogP contribution is 2.31. The van der Waals surface area contributed by atoms with E-state index in [4.69, 9.17) is 10.8 Å². The summed E-state index contributed by atoms with van der Waals surface area (Å²) < 4.78 is 37.9. The number of rotatable bonds is 3. The number of nitrogens with two attached hydrogens (primary N) is 1. The molecular formula is C10H17F3N2O3. The minimum Gasteiger partial charge on any atom is -0.479 e. The van der Waals surface area contributed by atoms with Gasteiger partial charge in [0.2, 0.25) is 11.4 Å². The number of carboxylic acids is 1. The van der Waals surface area contributed by atoms with Crippen LogP contribution in [0.25, 0.3) is 0 Å². The fourth-order valence-electron chi connectivity index (χ4n) is 0.963. The molecule has 0 saturated heterocycles. The Balaban J connectivity index is 5.17. The van der Waals surface area contributed by atoms with Crippen LogP contribution in [-0.4, -0.2) is 34.7 Å². The van der Waals surface area contributed by atoms with Crippen molar-refractivity contribution in [1.29, 1.82) is 0 Å². The van der Waals surface area contributed by atoms with Gasteiger partial charge in [-0.25, -0.2) is 4.79 Å². The molecule has 4 N–H and O–H groups in total. The average Bonchev–Trinajstić information content (AvgIpc) is 2.12. The normalized spacial score (nSPS) is 17.8. The van der Waals surface area contributed by atoms with Crippen molar-refractivity contribution in [1.82, 2.24) is 5.32 Å². The van der Waals surface area contributed by atoms with Crippen molar-refractivity contribution < 1.29 is 27.9 Å². The van der Waals surface area contributed by atoms with Gasteiger partial charge in [-0.05, 0) is 12.3 Å². The Morgan fingerprint density at radius 3 is 1.78 bits per heavy atom. The second-order valence-electron chi connectivity index (χ2n) is 5.26. The molecule has 106 valence electrons. The van der Waals surface area contributed by atoms with Crippen LogP contribution in [0.1, 0.15) is 27.7 Å². The minimum absolute atomic E-state index is 0.378. The zero-order valence-electron chi connectivity index (χ0n) is 10.6. The van der Waals surface area contributed by atoms with Gasteiger partial charge in [0.25, 0.3) is 0 Å². The third kappa shape index (κ3) is 3.34. The van der Waals surface area contributed by atoms with E-state index in [9.17, 15) is 22.8 Å². The Bertz CT molecular complexity index is 349. The minimum atomic E-state index is -5.12. The Labute approximate surface area is 103 Å². The molecule has 2 atom stereocenters. The van der Waals surface area contributed by atoms with Crippen LogP contribution < -0.4 is 11.1 Å². The fraction of sp³-hybridized carbons (Fsp3) is 0.800. The molecule has 0 saturated carbocycles. The zero-order chi connectivity index (χ0) is 14.9. The van der Waals surface area contributed by atoms with Gasteiger partial charge >= 0.3 is 12.1 Å². The summed E-state index contributed by atoms with van der Waals surface area (Å²) in [4.78, 5) is 22.3. The van der Waals surface area contributed by atoms with Crippen molar-refractivity contribution in [2.24, 2.45) is 11.1 Å². The summed E-state index contributed by atoms with van der Waals surface area (Å²) in [5.74, 6) is -3.35. The molecule has 8 heteroatoms. The Kier molecular flexibility index (Phi) is 4.41. The van der Waals surface area contributed by atoms with Crippen molar-refractivity contribution >= 4 is 11.9 Å². The maximum absolute atomic E-state index is 12.6. The summed E-state index contributed by atoms with van der Waals surface area (Å²) in [7, 11) is 0. The highest BCUT2D eigenvalue weighted by Gasteiger charge is 2.59. The Morgan fingerprint density at radius 1 is 1.17 bits per heavy atom. The summed E-state index contributed by atoms with van der Waals surface area (Å²) in [5.41, 5.74) is 1.34. The molecule has 0 heterocycles. The first-order valence-corrected chi connectivity index (χ1v) is 5.11. The fourth-order valence-corrected chi connectivity index (χ4v) is 0.963. The molecule has 1 unspecified atom stereocenters. The second-order valence-corrected chi connectivity index (χ2v) is 5.26. The molecule has 0 aromatic carbocycles. The average molecular weight is 270 g/mol. The highest BCUT2D eigenvalue weighted by molar-refractivity contribution is 5.90. The van der Waals surface area contributed by atoms with Gasteiger partial charge in [0.15, 0.2) is 0 Å². The van der Waals surface area contributed by atoms with Crippen molar-refractivity contribution in [3.63, 3.8) is 0 Å². The van der Waals surface area contributed by atoms with Crippen LogP contribution in [0.15, 0.2) is 0 Å². The van der Waals surface area contributed by atoms with Gasteiger partial charge in [-0.2, -0.15) is 13.2 Å². The van der Waals surface area contributed by atoms with Gasteiger partial charge < -0.3 is 16.2 Å². The van der Waals surface area contributed by atoms with Crippen LogP contribution in [0.2, 0.25) is 0 Å². The number of hydrogen-bond acceptors (Lipinski definition) is 3. The van der Waals surface area contributed by atoms with Crippen LogP contribution in [-0.2, 0) is 9.59 Å². The van der Waals surface area contributed by atoms with Crippen LogP contribution in [0.4, 0.5) is 13.2 Å². The number of nitrogens with one attached hydrogen (secondary N) is 1. The van der Waals surface area contributed by atoms with E-state index in [1.165, 1.54) is 5.32 Å². The number of hydrogen-bond donors (Lipinski definition) is 3. The number of carboxylic acid groups (broad SMARTS) is 1. The Hall–Kier alpha value is -1.31. The molecule has 0 spiro atoms. The van der Waals surface area contributed by atoms with Crippen LogP contribution >= 0.6 is 0 Å². The van der Waals surface area contributed by atoms with E-state index in [1.807, 2.05) is 0 Å². The molecule has 0 rings (SSSR count). The standard InChI is InChI=1S/C10H17F3N2O3/c1-8(2,3)5(14)6(16)15-9(4,7(17)18)10(11,12)13/h5H,14H2,1-4H3,(H,15,16)(H,17,18)/t5-,9?/m0/s1. The predicted octanol–water partition coefficient (Wildman–Crippen LogP) is 0.882. The largest absolute Gasteiger partial charge is 0.479 e. The van der Waals surface area contributed by atoms with Crippen molar-refractivity contribution in [3.05, 3.63) is 0 Å². The van der Waals surface area contributed by atoms with E-state index in [0.717, 1.165) is 0 Å². The van der Waals surface area contributed by atoms with Gasteiger partial charge in [-0.3, -0.25) is 4.79 Å². The number of carbonyl (C=O) groups excluding carboxylic acids is 1. The maximum atomic E-state index is 12.6. The van der Waals surface area contributed by atoms with Gasteiger partial charge in [0.1, 0.15) is 0 Å². The van der Waals surface area contributed by atoms with Gasteiger partial charge in [-0.1, -0.05) is 20.8 Å². The summed E-state index contributed by atoms with van der Waals surface area (Å²) in [6, 6.07) is -1.25. The second kappa shape index (κ2) is 4.75. The third-order valence-corrected chi connectivity index (χ3v) is 2.58. The lowest BCUT2D eigenvalue weighted by atomic mass is 9.86. The number of amides is 1. The number of aliphatic carboxylic acids is 1. The quantitative estimate of drug-likeness (QED) is 0.710. The van der Waals surface area contributed by atoms with Gasteiger partial charge in [0.05, 0.1) is 6.04 Å². The van der Waals surface area contributed by atoms with Crippen LogP contribution in [0, 0.1) is 5.41 Å². The van der Waals surface area contributed by atoms with E-state index < -0.39 is 35.0 Å². The SMILES string of the molecule is CC(C)(C)[C@@H](N)C(=O)NC(C)(C(=O)O)C(F)(F)F. The molecule has 0 radical (unpaired) electrons. The number of alkyl halides is 3. The van der Waals surface area contributed by atoms with E-state index in [0.29, 0.717) is 6.92 Å². The van der Waals surface area contributed by atoms with E-state index in [-0.39, 0.29) is 0 Å². The number of halogens is 3. The molecule has 18 heavy (non-hydrogen) atoms. The first-order valence-electron chi connectivity index (χ1n) is 5.11. The molecule has 0 aromatic heterocycles.